The average Bonchev–Trinajstić information content (AvgIpc) is 3.15. The van der Waals surface area contributed by atoms with Crippen molar-refractivity contribution in [1.29, 1.82) is 0 Å². The number of hydrogen-bond acceptors (Lipinski definition) is 4. The molecule has 23 heavy (non-hydrogen) atoms. The van der Waals surface area contributed by atoms with Crippen LogP contribution in [0, 0.1) is 5.92 Å². The Hall–Kier alpha value is -1.30. The number of amides is 2. The summed E-state index contributed by atoms with van der Waals surface area (Å²) in [6.45, 7) is 6.73. The van der Waals surface area contributed by atoms with Gasteiger partial charge in [0, 0.05) is 25.6 Å². The van der Waals surface area contributed by atoms with Crippen molar-refractivity contribution in [2.24, 2.45) is 5.92 Å². The topological polar surface area (TPSA) is 76.7 Å². The molecule has 0 aromatic heterocycles. The Morgan fingerprint density at radius 1 is 1.26 bits per heavy atom. The Kier molecular flexibility index (Phi) is 6.27. The minimum Gasteiger partial charge on any atom is -0.444 e. The molecule has 2 atom stereocenters. The molecule has 0 spiro atoms. The van der Waals surface area contributed by atoms with Crippen LogP contribution in [0.15, 0.2) is 0 Å². The van der Waals surface area contributed by atoms with E-state index in [-0.39, 0.29) is 18.1 Å². The number of carbonyl (C=O) groups excluding carboxylic acids is 2. The zero-order valence-electron chi connectivity index (χ0n) is 14.5. The third-order valence-corrected chi connectivity index (χ3v) is 4.12. The lowest BCUT2D eigenvalue weighted by Gasteiger charge is -2.22. The predicted molar refractivity (Wildman–Crippen MR) is 87.1 cm³/mol. The van der Waals surface area contributed by atoms with Gasteiger partial charge in [-0.2, -0.15) is 0 Å². The summed E-state index contributed by atoms with van der Waals surface area (Å²) < 4.78 is 10.8. The van der Waals surface area contributed by atoms with E-state index in [4.69, 9.17) is 9.47 Å². The summed E-state index contributed by atoms with van der Waals surface area (Å²) in [5.74, 6) is 0.514. The van der Waals surface area contributed by atoms with Gasteiger partial charge in [0.25, 0.3) is 0 Å². The molecule has 1 saturated carbocycles. The van der Waals surface area contributed by atoms with E-state index in [2.05, 4.69) is 10.6 Å². The molecule has 2 fully saturated rings. The van der Waals surface area contributed by atoms with E-state index in [1.54, 1.807) is 0 Å². The maximum atomic E-state index is 12.1. The molecule has 1 saturated heterocycles. The highest BCUT2D eigenvalue weighted by Crippen LogP contribution is 2.32. The molecular weight excluding hydrogens is 296 g/mol. The van der Waals surface area contributed by atoms with E-state index in [0.717, 1.165) is 38.7 Å². The van der Waals surface area contributed by atoms with Gasteiger partial charge in [-0.05, 0) is 58.8 Å². The Labute approximate surface area is 138 Å². The molecule has 2 rings (SSSR count). The second-order valence-corrected chi connectivity index (χ2v) is 7.57. The van der Waals surface area contributed by atoms with E-state index in [0.29, 0.717) is 18.9 Å². The van der Waals surface area contributed by atoms with Crippen molar-refractivity contribution in [2.45, 2.75) is 77.0 Å². The lowest BCUT2D eigenvalue weighted by Crippen LogP contribution is -2.46. The van der Waals surface area contributed by atoms with Crippen LogP contribution in [0.2, 0.25) is 0 Å². The lowest BCUT2D eigenvalue weighted by atomic mass is 10.1. The second-order valence-electron chi connectivity index (χ2n) is 7.57. The first-order chi connectivity index (χ1) is 10.8. The van der Waals surface area contributed by atoms with Crippen LogP contribution in [0.1, 0.15) is 59.3 Å². The van der Waals surface area contributed by atoms with Crippen molar-refractivity contribution < 1.29 is 19.1 Å². The second kappa shape index (κ2) is 7.99. The predicted octanol–water partition coefficient (Wildman–Crippen LogP) is 2.37. The SMILES string of the molecule is CC(C)(C)OC(=O)NC[C@@H](NC(=O)CC[C@H]1CCCO1)C1CC1. The van der Waals surface area contributed by atoms with Gasteiger partial charge in [-0.3, -0.25) is 4.79 Å². The van der Waals surface area contributed by atoms with E-state index in [1.165, 1.54) is 0 Å². The number of hydrogen-bond donors (Lipinski definition) is 2. The Morgan fingerprint density at radius 3 is 2.57 bits per heavy atom. The van der Waals surface area contributed by atoms with Gasteiger partial charge in [0.15, 0.2) is 0 Å². The number of ether oxygens (including phenoxy) is 2. The number of rotatable bonds is 7. The van der Waals surface area contributed by atoms with Gasteiger partial charge in [0.1, 0.15) is 5.60 Å². The molecule has 0 aromatic rings. The van der Waals surface area contributed by atoms with Crippen molar-refractivity contribution in [1.82, 2.24) is 10.6 Å². The summed E-state index contributed by atoms with van der Waals surface area (Å²) in [5.41, 5.74) is -0.510. The fourth-order valence-electron chi connectivity index (χ4n) is 2.78. The third-order valence-electron chi connectivity index (χ3n) is 4.12. The fraction of sp³-hybridized carbons (Fsp3) is 0.882. The number of nitrogens with one attached hydrogen (secondary N) is 2. The smallest absolute Gasteiger partial charge is 0.407 e. The Balaban J connectivity index is 1.68. The van der Waals surface area contributed by atoms with Crippen LogP contribution < -0.4 is 10.6 Å². The van der Waals surface area contributed by atoms with Crippen molar-refractivity contribution in [2.75, 3.05) is 13.2 Å². The highest BCUT2D eigenvalue weighted by Gasteiger charge is 2.33. The highest BCUT2D eigenvalue weighted by atomic mass is 16.6. The molecule has 2 N–H and O–H groups in total. The summed E-state index contributed by atoms with van der Waals surface area (Å²) in [5, 5.41) is 5.82. The van der Waals surface area contributed by atoms with Crippen LogP contribution in [-0.2, 0) is 14.3 Å². The molecule has 0 radical (unpaired) electrons. The van der Waals surface area contributed by atoms with E-state index < -0.39 is 11.7 Å². The Bertz CT molecular complexity index is 409. The van der Waals surface area contributed by atoms with E-state index in [9.17, 15) is 9.59 Å². The summed E-state index contributed by atoms with van der Waals surface area (Å²) in [6.07, 6.45) is 5.43. The molecule has 0 aromatic carbocycles. The van der Waals surface area contributed by atoms with Crippen LogP contribution in [0.4, 0.5) is 4.79 Å². The molecule has 2 amide bonds. The number of alkyl carbamates (subject to hydrolysis) is 1. The zero-order valence-corrected chi connectivity index (χ0v) is 14.5. The minimum atomic E-state index is -0.510. The van der Waals surface area contributed by atoms with Gasteiger partial charge in [0.2, 0.25) is 5.91 Å². The molecule has 6 nitrogen and oxygen atoms in total. The summed E-state index contributed by atoms with van der Waals surface area (Å²) in [7, 11) is 0. The third kappa shape index (κ3) is 7.20. The largest absolute Gasteiger partial charge is 0.444 e. The van der Waals surface area contributed by atoms with Gasteiger partial charge >= 0.3 is 6.09 Å². The highest BCUT2D eigenvalue weighted by molar-refractivity contribution is 5.76. The molecule has 6 heteroatoms. The van der Waals surface area contributed by atoms with Crippen LogP contribution >= 0.6 is 0 Å². The first-order valence-corrected chi connectivity index (χ1v) is 8.71. The van der Waals surface area contributed by atoms with Crippen molar-refractivity contribution >= 4 is 12.0 Å². The van der Waals surface area contributed by atoms with Crippen LogP contribution in [0.3, 0.4) is 0 Å². The molecule has 1 aliphatic carbocycles. The standard InChI is InChI=1S/C17H30N2O4/c1-17(2,3)23-16(21)18-11-14(12-6-7-12)19-15(20)9-8-13-5-4-10-22-13/h12-14H,4-11H2,1-3H3,(H,18,21)(H,19,20)/t13-,14-/m1/s1. The maximum Gasteiger partial charge on any atom is 0.407 e. The molecule has 1 aliphatic heterocycles. The van der Waals surface area contributed by atoms with Crippen molar-refractivity contribution in [3.05, 3.63) is 0 Å². The summed E-state index contributed by atoms with van der Waals surface area (Å²) in [6, 6.07) is -0.000449. The normalized spacial score (nSPS) is 22.5. The van der Waals surface area contributed by atoms with Crippen LogP contribution in [0.5, 0.6) is 0 Å². The monoisotopic (exact) mass is 326 g/mol. The van der Waals surface area contributed by atoms with Gasteiger partial charge in [0.05, 0.1) is 6.10 Å². The van der Waals surface area contributed by atoms with Crippen molar-refractivity contribution in [3.63, 3.8) is 0 Å². The summed E-state index contributed by atoms with van der Waals surface area (Å²) in [4.78, 5) is 23.8. The molecule has 2 aliphatic rings. The summed E-state index contributed by atoms with van der Waals surface area (Å²) >= 11 is 0. The average molecular weight is 326 g/mol. The van der Waals surface area contributed by atoms with Gasteiger partial charge in [-0.25, -0.2) is 4.79 Å². The van der Waals surface area contributed by atoms with Gasteiger partial charge in [-0.1, -0.05) is 0 Å². The minimum absolute atomic E-state index is 0.000449. The van der Waals surface area contributed by atoms with Crippen LogP contribution in [-0.4, -0.2) is 42.9 Å². The molecule has 0 unspecified atom stereocenters. The van der Waals surface area contributed by atoms with Gasteiger partial charge in [-0.15, -0.1) is 0 Å². The quantitative estimate of drug-likeness (QED) is 0.753. The van der Waals surface area contributed by atoms with E-state index >= 15 is 0 Å². The molecule has 132 valence electrons. The van der Waals surface area contributed by atoms with Gasteiger partial charge < -0.3 is 20.1 Å². The zero-order chi connectivity index (χ0) is 16.9. The molecule has 0 bridgehead atoms. The van der Waals surface area contributed by atoms with Crippen molar-refractivity contribution in [3.8, 4) is 0 Å². The van der Waals surface area contributed by atoms with E-state index in [1.807, 2.05) is 20.8 Å². The molecule has 1 heterocycles. The lowest BCUT2D eigenvalue weighted by molar-refractivity contribution is -0.122. The maximum absolute atomic E-state index is 12.1. The fourth-order valence-corrected chi connectivity index (χ4v) is 2.78. The Morgan fingerprint density at radius 2 is 2.00 bits per heavy atom. The first-order valence-electron chi connectivity index (χ1n) is 8.71. The number of carbonyl (C=O) groups is 2. The van der Waals surface area contributed by atoms with Crippen LogP contribution in [0.25, 0.3) is 0 Å². The first kappa shape index (κ1) is 18.0. The molecular formula is C17H30N2O4.